The molecule has 0 saturated heterocycles. The highest BCUT2D eigenvalue weighted by atomic mass is 32.2. The average molecular weight is 527 g/mol. The third-order valence-corrected chi connectivity index (χ3v) is 12.9. The standard InChI is InChI=1S/C27H50N2O4SSi/c1-7-8-9-10-11-12-13-14-15-16-17-23-18-20-24(21-19-23)34(31,32)29-26(30)25(28)22-33-35(5,6)27(2,3)4/h18-21,25H,7-17,22,28H2,1-6H3,(H,29,30)/t25-/m0/s1. The zero-order valence-electron chi connectivity index (χ0n) is 23.0. The van der Waals surface area contributed by atoms with Gasteiger partial charge >= 0.3 is 0 Å². The van der Waals surface area contributed by atoms with Gasteiger partial charge in [0.25, 0.3) is 15.9 Å². The number of benzene rings is 1. The molecular formula is C27H50N2O4SSi. The van der Waals surface area contributed by atoms with Crippen molar-refractivity contribution in [1.82, 2.24) is 4.72 Å². The number of hydrogen-bond acceptors (Lipinski definition) is 5. The molecule has 202 valence electrons. The SMILES string of the molecule is CCCCCCCCCCCCc1ccc(S(=O)(=O)NC(=O)[C@@H](N)CO[Si](C)(C)C(C)(C)C)cc1. The Morgan fingerprint density at radius 1 is 0.943 bits per heavy atom. The number of unbranched alkanes of at least 4 members (excludes halogenated alkanes) is 9. The van der Waals surface area contributed by atoms with Crippen LogP contribution in [0.1, 0.15) is 97.5 Å². The number of sulfonamides is 1. The van der Waals surface area contributed by atoms with E-state index >= 15 is 0 Å². The van der Waals surface area contributed by atoms with Crippen LogP contribution in [0.25, 0.3) is 0 Å². The van der Waals surface area contributed by atoms with Crippen LogP contribution in [0, 0.1) is 0 Å². The maximum absolute atomic E-state index is 12.6. The molecule has 0 fully saturated rings. The minimum Gasteiger partial charge on any atom is -0.415 e. The first-order valence-electron chi connectivity index (χ1n) is 13.4. The monoisotopic (exact) mass is 526 g/mol. The summed E-state index contributed by atoms with van der Waals surface area (Å²) in [5, 5.41) is -0.0229. The second kappa shape index (κ2) is 15.1. The molecule has 0 aromatic heterocycles. The number of nitrogens with one attached hydrogen (secondary N) is 1. The van der Waals surface area contributed by atoms with Crippen molar-refractivity contribution < 1.29 is 17.6 Å². The van der Waals surface area contributed by atoms with E-state index in [0.717, 1.165) is 18.4 Å². The summed E-state index contributed by atoms with van der Waals surface area (Å²) in [4.78, 5) is 12.5. The van der Waals surface area contributed by atoms with Crippen molar-refractivity contribution in [3.8, 4) is 0 Å². The van der Waals surface area contributed by atoms with E-state index < -0.39 is 30.3 Å². The van der Waals surface area contributed by atoms with Gasteiger partial charge in [-0.25, -0.2) is 13.1 Å². The van der Waals surface area contributed by atoms with Gasteiger partial charge in [-0.15, -0.1) is 0 Å². The normalized spacial score (nSPS) is 13.6. The first-order chi connectivity index (χ1) is 16.3. The van der Waals surface area contributed by atoms with E-state index in [4.69, 9.17) is 10.2 Å². The second-order valence-corrected chi connectivity index (χ2v) is 17.7. The van der Waals surface area contributed by atoms with Gasteiger partial charge in [0.05, 0.1) is 11.5 Å². The fourth-order valence-electron chi connectivity index (χ4n) is 3.51. The van der Waals surface area contributed by atoms with E-state index in [1.54, 1.807) is 12.1 Å². The number of aryl methyl sites for hydroxylation is 1. The number of hydrogen-bond donors (Lipinski definition) is 2. The van der Waals surface area contributed by atoms with Crippen molar-refractivity contribution in [2.45, 2.75) is 127 Å². The van der Waals surface area contributed by atoms with Crippen LogP contribution >= 0.6 is 0 Å². The van der Waals surface area contributed by atoms with E-state index in [1.165, 1.54) is 57.8 Å². The quantitative estimate of drug-likeness (QED) is 0.183. The highest BCUT2D eigenvalue weighted by molar-refractivity contribution is 7.90. The molecule has 0 radical (unpaired) electrons. The van der Waals surface area contributed by atoms with E-state index in [2.05, 4.69) is 45.5 Å². The van der Waals surface area contributed by atoms with E-state index in [0.29, 0.717) is 0 Å². The predicted molar refractivity (Wildman–Crippen MR) is 148 cm³/mol. The van der Waals surface area contributed by atoms with Gasteiger partial charge in [-0.1, -0.05) is 97.6 Å². The summed E-state index contributed by atoms with van der Waals surface area (Å²) in [5.41, 5.74) is 7.03. The van der Waals surface area contributed by atoms with Gasteiger partial charge in [-0.05, 0) is 48.7 Å². The summed E-state index contributed by atoms with van der Waals surface area (Å²) < 4.78 is 33.3. The lowest BCUT2D eigenvalue weighted by atomic mass is 10.0. The van der Waals surface area contributed by atoms with Gasteiger partial charge < -0.3 is 10.2 Å². The fourth-order valence-corrected chi connectivity index (χ4v) is 5.57. The topological polar surface area (TPSA) is 98.5 Å². The lowest BCUT2D eigenvalue weighted by Crippen LogP contribution is -2.50. The smallest absolute Gasteiger partial charge is 0.264 e. The number of rotatable bonds is 17. The average Bonchev–Trinajstić information content (AvgIpc) is 2.78. The van der Waals surface area contributed by atoms with Crippen LogP contribution in [0.3, 0.4) is 0 Å². The van der Waals surface area contributed by atoms with Gasteiger partial charge in [-0.3, -0.25) is 4.79 Å². The maximum atomic E-state index is 12.6. The Balaban J connectivity index is 2.41. The third-order valence-electron chi connectivity index (χ3n) is 7.05. The summed E-state index contributed by atoms with van der Waals surface area (Å²) in [6.45, 7) is 12.6. The van der Waals surface area contributed by atoms with Crippen molar-refractivity contribution in [2.24, 2.45) is 5.73 Å². The molecule has 3 N–H and O–H groups in total. The lowest BCUT2D eigenvalue weighted by Gasteiger charge is -2.36. The molecule has 1 aromatic carbocycles. The minimum atomic E-state index is -3.97. The van der Waals surface area contributed by atoms with Gasteiger partial charge in [0.1, 0.15) is 6.04 Å². The van der Waals surface area contributed by atoms with Gasteiger partial charge in [0.15, 0.2) is 8.32 Å². The Bertz CT molecular complexity index is 849. The molecule has 1 rings (SSSR count). The van der Waals surface area contributed by atoms with Crippen LogP contribution in [0.2, 0.25) is 18.1 Å². The molecule has 0 aliphatic carbocycles. The number of nitrogens with two attached hydrogens (primary N) is 1. The molecule has 35 heavy (non-hydrogen) atoms. The molecule has 6 nitrogen and oxygen atoms in total. The van der Waals surface area contributed by atoms with E-state index in [9.17, 15) is 13.2 Å². The lowest BCUT2D eigenvalue weighted by molar-refractivity contribution is -0.121. The molecule has 1 atom stereocenters. The minimum absolute atomic E-state index is 0.00432. The van der Waals surface area contributed by atoms with Gasteiger partial charge in [0, 0.05) is 0 Å². The molecule has 1 aromatic rings. The summed E-state index contributed by atoms with van der Waals surface area (Å²) >= 11 is 0. The third kappa shape index (κ3) is 12.0. The van der Waals surface area contributed by atoms with Gasteiger partial charge in [0.2, 0.25) is 0 Å². The number of amides is 1. The molecular weight excluding hydrogens is 476 g/mol. The number of carbonyl (C=O) groups is 1. The first kappa shape index (κ1) is 31.8. The van der Waals surface area contributed by atoms with Crippen LogP contribution in [-0.4, -0.2) is 35.3 Å². The van der Waals surface area contributed by atoms with Crippen LogP contribution in [-0.2, 0) is 25.7 Å². The van der Waals surface area contributed by atoms with Crippen LogP contribution in [0.15, 0.2) is 29.2 Å². The molecule has 1 amide bonds. The molecule has 0 bridgehead atoms. The van der Waals surface area contributed by atoms with Crippen LogP contribution in [0.4, 0.5) is 0 Å². The Hall–Kier alpha value is -1.22. The molecule has 0 aliphatic rings. The van der Waals surface area contributed by atoms with Crippen molar-refractivity contribution in [3.05, 3.63) is 29.8 Å². The van der Waals surface area contributed by atoms with E-state index in [1.807, 2.05) is 12.1 Å². The second-order valence-electron chi connectivity index (χ2n) is 11.2. The molecule has 0 aliphatic heterocycles. The first-order valence-corrected chi connectivity index (χ1v) is 17.7. The van der Waals surface area contributed by atoms with Crippen LogP contribution < -0.4 is 10.5 Å². The molecule has 0 heterocycles. The van der Waals surface area contributed by atoms with Crippen molar-refractivity contribution >= 4 is 24.2 Å². The summed E-state index contributed by atoms with van der Waals surface area (Å²) in [6.07, 6.45) is 13.8. The summed E-state index contributed by atoms with van der Waals surface area (Å²) in [6, 6.07) is 5.72. The van der Waals surface area contributed by atoms with E-state index in [-0.39, 0.29) is 16.5 Å². The zero-order chi connectivity index (χ0) is 26.5. The predicted octanol–water partition coefficient (Wildman–Crippen LogP) is 6.30. The maximum Gasteiger partial charge on any atom is 0.264 e. The Morgan fingerprint density at radius 2 is 1.43 bits per heavy atom. The Morgan fingerprint density at radius 3 is 1.91 bits per heavy atom. The highest BCUT2D eigenvalue weighted by Gasteiger charge is 2.38. The van der Waals surface area contributed by atoms with Gasteiger partial charge in [-0.2, -0.15) is 0 Å². The number of carbonyl (C=O) groups excluding carboxylic acids is 1. The Labute approximate surface area is 216 Å². The molecule has 0 spiro atoms. The fraction of sp³-hybridized carbons (Fsp3) is 0.741. The molecule has 8 heteroatoms. The summed E-state index contributed by atoms with van der Waals surface area (Å²) in [7, 11) is -6.05. The van der Waals surface area contributed by atoms with Crippen molar-refractivity contribution in [3.63, 3.8) is 0 Å². The zero-order valence-corrected chi connectivity index (χ0v) is 24.8. The molecule has 0 unspecified atom stereocenters. The highest BCUT2D eigenvalue weighted by Crippen LogP contribution is 2.36. The molecule has 0 saturated carbocycles. The van der Waals surface area contributed by atoms with Crippen molar-refractivity contribution in [2.75, 3.05) is 6.61 Å². The van der Waals surface area contributed by atoms with Crippen LogP contribution in [0.5, 0.6) is 0 Å². The largest absolute Gasteiger partial charge is 0.415 e. The summed E-state index contributed by atoms with van der Waals surface area (Å²) in [5.74, 6) is -0.752. The Kier molecular flexibility index (Phi) is 13.7. The van der Waals surface area contributed by atoms with Crippen molar-refractivity contribution in [1.29, 1.82) is 0 Å².